The Bertz CT molecular complexity index is 560. The van der Waals surface area contributed by atoms with Crippen LogP contribution in [0, 0.1) is 5.92 Å². The van der Waals surface area contributed by atoms with Crippen molar-refractivity contribution in [3.8, 4) is 0 Å². The predicted molar refractivity (Wildman–Crippen MR) is 77.6 cm³/mol. The van der Waals surface area contributed by atoms with Gasteiger partial charge in [0.2, 0.25) is 10.0 Å². The van der Waals surface area contributed by atoms with Crippen molar-refractivity contribution in [3.63, 3.8) is 0 Å². The van der Waals surface area contributed by atoms with E-state index in [9.17, 15) is 8.42 Å². The number of hydrogen-bond donors (Lipinski definition) is 2. The summed E-state index contributed by atoms with van der Waals surface area (Å²) >= 11 is 5.87. The van der Waals surface area contributed by atoms with Gasteiger partial charge in [0, 0.05) is 6.04 Å². The van der Waals surface area contributed by atoms with Crippen LogP contribution in [-0.2, 0) is 10.0 Å². The van der Waals surface area contributed by atoms with Crippen molar-refractivity contribution in [1.29, 1.82) is 0 Å². The Morgan fingerprint density at radius 1 is 1.37 bits per heavy atom. The molecule has 0 aliphatic heterocycles. The summed E-state index contributed by atoms with van der Waals surface area (Å²) in [4.78, 5) is 0.171. The van der Waals surface area contributed by atoms with Gasteiger partial charge in [-0.3, -0.25) is 0 Å². The lowest BCUT2D eigenvalue weighted by atomic mass is 9.88. The molecule has 0 heterocycles. The van der Waals surface area contributed by atoms with Crippen molar-refractivity contribution in [1.82, 2.24) is 4.72 Å². The van der Waals surface area contributed by atoms with Crippen molar-refractivity contribution in [2.75, 3.05) is 5.73 Å². The van der Waals surface area contributed by atoms with Crippen molar-refractivity contribution in [2.45, 2.75) is 43.5 Å². The number of nitrogens with two attached hydrogens (primary N) is 1. The van der Waals surface area contributed by atoms with Gasteiger partial charge in [-0.05, 0) is 37.0 Å². The molecule has 0 aromatic heterocycles. The van der Waals surface area contributed by atoms with Crippen LogP contribution in [0.2, 0.25) is 5.02 Å². The van der Waals surface area contributed by atoms with Crippen LogP contribution in [0.1, 0.15) is 32.6 Å². The highest BCUT2D eigenvalue weighted by Crippen LogP contribution is 2.26. The SMILES string of the molecule is CC1CCCC(NS(=O)(=O)c2ccc(N)c(Cl)c2)C1. The van der Waals surface area contributed by atoms with Crippen LogP contribution in [-0.4, -0.2) is 14.5 Å². The van der Waals surface area contributed by atoms with E-state index in [4.69, 9.17) is 17.3 Å². The second kappa shape index (κ2) is 5.69. The summed E-state index contributed by atoms with van der Waals surface area (Å²) in [5, 5.41) is 0.264. The van der Waals surface area contributed by atoms with Gasteiger partial charge >= 0.3 is 0 Å². The standard InChI is InChI=1S/C13H19ClN2O2S/c1-9-3-2-4-10(7-9)16-19(17,18)11-5-6-13(15)12(14)8-11/h5-6,8-10,16H,2-4,7,15H2,1H3. The minimum atomic E-state index is -3.51. The topological polar surface area (TPSA) is 72.2 Å². The summed E-state index contributed by atoms with van der Waals surface area (Å²) in [6.07, 6.45) is 4.02. The zero-order chi connectivity index (χ0) is 14.0. The fourth-order valence-electron chi connectivity index (χ4n) is 2.50. The van der Waals surface area contributed by atoms with Gasteiger partial charge in [0.15, 0.2) is 0 Å². The predicted octanol–water partition coefficient (Wildman–Crippen LogP) is 2.78. The lowest BCUT2D eigenvalue weighted by molar-refractivity contribution is 0.327. The number of nitrogen functional groups attached to an aromatic ring is 1. The average molecular weight is 303 g/mol. The van der Waals surface area contributed by atoms with Gasteiger partial charge in [-0.1, -0.05) is 31.4 Å². The Balaban J connectivity index is 2.15. The first-order valence-corrected chi connectivity index (χ1v) is 8.32. The summed E-state index contributed by atoms with van der Waals surface area (Å²) in [7, 11) is -3.51. The molecule has 4 nitrogen and oxygen atoms in total. The first-order valence-electron chi connectivity index (χ1n) is 6.46. The molecule has 19 heavy (non-hydrogen) atoms. The maximum Gasteiger partial charge on any atom is 0.240 e. The number of benzene rings is 1. The van der Waals surface area contributed by atoms with Gasteiger partial charge in [0.25, 0.3) is 0 Å². The number of hydrogen-bond acceptors (Lipinski definition) is 3. The van der Waals surface area contributed by atoms with E-state index < -0.39 is 10.0 Å². The number of anilines is 1. The lowest BCUT2D eigenvalue weighted by Crippen LogP contribution is -2.37. The number of rotatable bonds is 3. The third-order valence-electron chi connectivity index (χ3n) is 3.54. The summed E-state index contributed by atoms with van der Waals surface area (Å²) in [5.74, 6) is 0.566. The molecule has 0 saturated heterocycles. The van der Waals surface area contributed by atoms with Gasteiger partial charge in [-0.15, -0.1) is 0 Å². The summed E-state index contributed by atoms with van der Waals surface area (Å²) < 4.78 is 27.3. The van der Waals surface area contributed by atoms with Crippen LogP contribution in [0.15, 0.2) is 23.1 Å². The molecule has 1 aliphatic carbocycles. The zero-order valence-electron chi connectivity index (χ0n) is 10.9. The molecule has 0 bridgehead atoms. The molecule has 0 spiro atoms. The van der Waals surface area contributed by atoms with Crippen molar-refractivity contribution in [2.24, 2.45) is 5.92 Å². The fourth-order valence-corrected chi connectivity index (χ4v) is 4.06. The molecule has 1 fully saturated rings. The van der Waals surface area contributed by atoms with E-state index in [-0.39, 0.29) is 16.0 Å². The Kier molecular flexibility index (Phi) is 4.38. The highest BCUT2D eigenvalue weighted by Gasteiger charge is 2.24. The monoisotopic (exact) mass is 302 g/mol. The van der Waals surface area contributed by atoms with Gasteiger partial charge < -0.3 is 5.73 Å². The molecule has 1 aromatic carbocycles. The van der Waals surface area contributed by atoms with E-state index in [1.54, 1.807) is 0 Å². The average Bonchev–Trinajstić information content (AvgIpc) is 2.32. The van der Waals surface area contributed by atoms with Crippen LogP contribution < -0.4 is 10.5 Å². The molecule has 1 aromatic rings. The van der Waals surface area contributed by atoms with Gasteiger partial charge in [-0.2, -0.15) is 0 Å². The van der Waals surface area contributed by atoms with E-state index in [1.165, 1.54) is 24.6 Å². The van der Waals surface area contributed by atoms with Crippen molar-refractivity contribution >= 4 is 27.3 Å². The Labute approximate surface area is 119 Å². The van der Waals surface area contributed by atoms with Crippen LogP contribution in [0.25, 0.3) is 0 Å². The molecule has 3 N–H and O–H groups in total. The molecule has 1 saturated carbocycles. The number of sulfonamides is 1. The van der Waals surface area contributed by atoms with Crippen LogP contribution in [0.4, 0.5) is 5.69 Å². The molecule has 106 valence electrons. The molecule has 6 heteroatoms. The minimum absolute atomic E-state index is 0.0186. The first kappa shape index (κ1) is 14.6. The van der Waals surface area contributed by atoms with Crippen molar-refractivity contribution < 1.29 is 8.42 Å². The number of nitrogens with one attached hydrogen (secondary N) is 1. The highest BCUT2D eigenvalue weighted by atomic mass is 35.5. The van der Waals surface area contributed by atoms with E-state index in [2.05, 4.69) is 11.6 Å². The number of halogens is 1. The van der Waals surface area contributed by atoms with E-state index in [0.29, 0.717) is 11.6 Å². The van der Waals surface area contributed by atoms with Crippen molar-refractivity contribution in [3.05, 3.63) is 23.2 Å². The molecule has 1 aliphatic rings. The molecule has 2 rings (SSSR count). The quantitative estimate of drug-likeness (QED) is 0.843. The van der Waals surface area contributed by atoms with E-state index in [1.807, 2.05) is 0 Å². The zero-order valence-corrected chi connectivity index (χ0v) is 12.5. The normalized spacial score (nSPS) is 24.3. The lowest BCUT2D eigenvalue weighted by Gasteiger charge is -2.27. The molecular formula is C13H19ClN2O2S. The maximum absolute atomic E-state index is 12.3. The molecule has 0 radical (unpaired) electrons. The summed E-state index contributed by atoms with van der Waals surface area (Å²) in [6.45, 7) is 2.15. The smallest absolute Gasteiger partial charge is 0.240 e. The molecular weight excluding hydrogens is 284 g/mol. The van der Waals surface area contributed by atoms with Gasteiger partial charge in [-0.25, -0.2) is 13.1 Å². The highest BCUT2D eigenvalue weighted by molar-refractivity contribution is 7.89. The van der Waals surface area contributed by atoms with Crippen LogP contribution in [0.5, 0.6) is 0 Å². The van der Waals surface area contributed by atoms with Gasteiger partial charge in [0.05, 0.1) is 15.6 Å². The van der Waals surface area contributed by atoms with Crippen LogP contribution >= 0.6 is 11.6 Å². The second-order valence-corrected chi connectivity index (χ2v) is 7.39. The first-order chi connectivity index (χ1) is 8.88. The fraction of sp³-hybridized carbons (Fsp3) is 0.538. The summed E-state index contributed by atoms with van der Waals surface area (Å²) in [5.41, 5.74) is 5.97. The molecule has 2 atom stereocenters. The summed E-state index contributed by atoms with van der Waals surface area (Å²) in [6, 6.07) is 4.41. The Hall–Kier alpha value is -0.780. The van der Waals surface area contributed by atoms with Crippen LogP contribution in [0.3, 0.4) is 0 Å². The van der Waals surface area contributed by atoms with E-state index in [0.717, 1.165) is 19.3 Å². The van der Waals surface area contributed by atoms with E-state index >= 15 is 0 Å². The second-order valence-electron chi connectivity index (χ2n) is 5.27. The maximum atomic E-state index is 12.3. The minimum Gasteiger partial charge on any atom is -0.398 e. The molecule has 2 unspecified atom stereocenters. The largest absolute Gasteiger partial charge is 0.398 e. The third-order valence-corrected chi connectivity index (χ3v) is 5.39. The third kappa shape index (κ3) is 3.61. The Morgan fingerprint density at radius 2 is 2.11 bits per heavy atom. The molecule has 0 amide bonds. The Morgan fingerprint density at radius 3 is 2.74 bits per heavy atom. The van der Waals surface area contributed by atoms with Gasteiger partial charge in [0.1, 0.15) is 0 Å².